The van der Waals surface area contributed by atoms with Crippen molar-refractivity contribution in [2.45, 2.75) is 13.5 Å². The molecule has 3 N–H and O–H groups in total. The predicted molar refractivity (Wildman–Crippen MR) is 119 cm³/mol. The number of anilines is 1. The summed E-state index contributed by atoms with van der Waals surface area (Å²) in [5.74, 6) is 0.526. The summed E-state index contributed by atoms with van der Waals surface area (Å²) >= 11 is 15.7. The van der Waals surface area contributed by atoms with Crippen LogP contribution in [0.1, 0.15) is 21.8 Å². The molecule has 3 aromatic heterocycles. The SMILES string of the molecule is Cc1nnc(-c2cc(Cl)cc(CN)c2NC(=O)c2cn(-c3ncccc3Cl)nc2Br)o1. The summed E-state index contributed by atoms with van der Waals surface area (Å²) < 4.78 is 7.25. The Morgan fingerprint density at radius 1 is 1.32 bits per heavy atom. The average Bonchev–Trinajstić information content (AvgIpc) is 3.34. The van der Waals surface area contributed by atoms with Crippen molar-refractivity contribution in [1.82, 2.24) is 25.0 Å². The largest absolute Gasteiger partial charge is 0.421 e. The van der Waals surface area contributed by atoms with E-state index in [1.165, 1.54) is 10.9 Å². The second-order valence-electron chi connectivity index (χ2n) is 6.36. The van der Waals surface area contributed by atoms with Crippen molar-refractivity contribution in [1.29, 1.82) is 0 Å². The Morgan fingerprint density at radius 3 is 2.81 bits per heavy atom. The Hall–Kier alpha value is -2.79. The van der Waals surface area contributed by atoms with Crippen LogP contribution in [0.15, 0.2) is 45.7 Å². The number of nitrogens with two attached hydrogens (primary N) is 1. The number of rotatable bonds is 5. The second kappa shape index (κ2) is 8.75. The van der Waals surface area contributed by atoms with Crippen molar-refractivity contribution < 1.29 is 9.21 Å². The fourth-order valence-electron chi connectivity index (χ4n) is 2.89. The van der Waals surface area contributed by atoms with Gasteiger partial charge in [-0.25, -0.2) is 9.67 Å². The number of carbonyl (C=O) groups excluding carboxylic acids is 1. The molecule has 4 aromatic rings. The van der Waals surface area contributed by atoms with Gasteiger partial charge < -0.3 is 15.5 Å². The summed E-state index contributed by atoms with van der Waals surface area (Å²) in [5.41, 5.74) is 7.61. The smallest absolute Gasteiger partial charge is 0.260 e. The first-order valence-corrected chi connectivity index (χ1v) is 10.4. The van der Waals surface area contributed by atoms with Gasteiger partial charge in [-0.05, 0) is 45.8 Å². The third-order valence-electron chi connectivity index (χ3n) is 4.27. The number of pyridine rings is 1. The summed E-state index contributed by atoms with van der Waals surface area (Å²) in [6.07, 6.45) is 3.10. The van der Waals surface area contributed by atoms with Crippen molar-refractivity contribution in [3.05, 3.63) is 68.3 Å². The number of hydrogen-bond donors (Lipinski definition) is 2. The summed E-state index contributed by atoms with van der Waals surface area (Å²) in [7, 11) is 0. The molecule has 0 radical (unpaired) electrons. The van der Waals surface area contributed by atoms with Gasteiger partial charge in [-0.2, -0.15) is 5.10 Å². The topological polar surface area (TPSA) is 125 Å². The minimum atomic E-state index is -0.445. The lowest BCUT2D eigenvalue weighted by Gasteiger charge is -2.14. The summed E-state index contributed by atoms with van der Waals surface area (Å²) in [5, 5.41) is 15.8. The predicted octanol–water partition coefficient (Wildman–Crippen LogP) is 4.41. The van der Waals surface area contributed by atoms with Crippen LogP contribution < -0.4 is 11.1 Å². The molecule has 4 rings (SSSR count). The number of amides is 1. The van der Waals surface area contributed by atoms with Gasteiger partial charge in [-0.15, -0.1) is 10.2 Å². The van der Waals surface area contributed by atoms with Crippen LogP contribution in [0.25, 0.3) is 17.3 Å². The zero-order valence-electron chi connectivity index (χ0n) is 15.9. The fourth-order valence-corrected chi connectivity index (χ4v) is 3.79. The molecule has 0 bridgehead atoms. The van der Waals surface area contributed by atoms with Crippen LogP contribution in [0.3, 0.4) is 0 Å². The first-order valence-electron chi connectivity index (χ1n) is 8.87. The highest BCUT2D eigenvalue weighted by Crippen LogP contribution is 2.34. The van der Waals surface area contributed by atoms with Crippen molar-refractivity contribution in [3.8, 4) is 17.3 Å². The molecule has 0 spiro atoms. The van der Waals surface area contributed by atoms with Gasteiger partial charge >= 0.3 is 0 Å². The van der Waals surface area contributed by atoms with E-state index >= 15 is 0 Å². The van der Waals surface area contributed by atoms with Gasteiger partial charge in [0.2, 0.25) is 11.8 Å². The highest BCUT2D eigenvalue weighted by Gasteiger charge is 2.22. The average molecular weight is 523 g/mol. The van der Waals surface area contributed by atoms with Gasteiger partial charge in [0, 0.05) is 30.9 Å². The summed E-state index contributed by atoms with van der Waals surface area (Å²) in [4.78, 5) is 17.3. The highest BCUT2D eigenvalue weighted by atomic mass is 79.9. The van der Waals surface area contributed by atoms with Gasteiger partial charge in [-0.3, -0.25) is 4.79 Å². The molecule has 0 fully saturated rings. The number of benzene rings is 1. The fraction of sp³-hybridized carbons (Fsp3) is 0.105. The quantitative estimate of drug-likeness (QED) is 0.397. The Kier molecular flexibility index (Phi) is 6.05. The third-order valence-corrected chi connectivity index (χ3v) is 5.37. The molecule has 12 heteroatoms. The number of carbonyl (C=O) groups is 1. The molecule has 0 atom stereocenters. The maximum absolute atomic E-state index is 13.1. The number of hydrogen-bond acceptors (Lipinski definition) is 7. The molecular weight excluding hydrogens is 509 g/mol. The van der Waals surface area contributed by atoms with Gasteiger partial charge in [0.05, 0.1) is 21.8 Å². The van der Waals surface area contributed by atoms with Crippen molar-refractivity contribution in [3.63, 3.8) is 0 Å². The van der Waals surface area contributed by atoms with E-state index in [-0.39, 0.29) is 18.0 Å². The van der Waals surface area contributed by atoms with Gasteiger partial charge in [0.1, 0.15) is 4.60 Å². The standard InChI is InChI=1S/C19H14BrCl2N7O2/c1-9-26-27-19(31-9)12-6-11(21)5-10(7-23)15(12)25-18(30)13-8-29(28-16(13)20)17-14(22)3-2-4-24-17/h2-6,8H,7,23H2,1H3,(H,25,30). The molecule has 0 aliphatic carbocycles. The Balaban J connectivity index is 1.74. The van der Waals surface area contributed by atoms with Crippen LogP contribution in [0, 0.1) is 6.92 Å². The minimum Gasteiger partial charge on any atom is -0.421 e. The van der Waals surface area contributed by atoms with Gasteiger partial charge in [0.25, 0.3) is 5.91 Å². The molecule has 0 saturated carbocycles. The molecule has 3 heterocycles. The van der Waals surface area contributed by atoms with Crippen LogP contribution in [-0.2, 0) is 6.54 Å². The van der Waals surface area contributed by atoms with E-state index < -0.39 is 5.91 Å². The van der Waals surface area contributed by atoms with Crippen molar-refractivity contribution >= 4 is 50.7 Å². The van der Waals surface area contributed by atoms with Crippen LogP contribution >= 0.6 is 39.1 Å². The molecule has 158 valence electrons. The van der Waals surface area contributed by atoms with Gasteiger partial charge in [0.15, 0.2) is 5.82 Å². The first kappa shape index (κ1) is 21.4. The molecule has 0 aliphatic rings. The lowest BCUT2D eigenvalue weighted by molar-refractivity contribution is 0.102. The van der Waals surface area contributed by atoms with Crippen LogP contribution in [0.5, 0.6) is 0 Å². The molecule has 0 unspecified atom stereocenters. The monoisotopic (exact) mass is 521 g/mol. The molecule has 1 aromatic carbocycles. The first-order chi connectivity index (χ1) is 14.9. The normalized spacial score (nSPS) is 11.0. The zero-order valence-corrected chi connectivity index (χ0v) is 19.0. The molecule has 9 nitrogen and oxygen atoms in total. The second-order valence-corrected chi connectivity index (χ2v) is 7.95. The number of aryl methyl sites for hydroxylation is 1. The molecule has 1 amide bonds. The van der Waals surface area contributed by atoms with Crippen LogP contribution in [0.4, 0.5) is 5.69 Å². The van der Waals surface area contributed by atoms with E-state index in [0.717, 1.165) is 0 Å². The summed E-state index contributed by atoms with van der Waals surface area (Å²) in [6, 6.07) is 6.66. The van der Waals surface area contributed by atoms with Crippen molar-refractivity contribution in [2.24, 2.45) is 5.73 Å². The zero-order chi connectivity index (χ0) is 22.1. The van der Waals surface area contributed by atoms with E-state index in [4.69, 9.17) is 33.4 Å². The molecular formula is C19H14BrCl2N7O2. The Bertz CT molecular complexity index is 1290. The van der Waals surface area contributed by atoms with Gasteiger partial charge in [-0.1, -0.05) is 23.2 Å². The lowest BCUT2D eigenvalue weighted by Crippen LogP contribution is -2.15. The Morgan fingerprint density at radius 2 is 2.13 bits per heavy atom. The number of nitrogens with one attached hydrogen (secondary N) is 1. The molecule has 0 saturated heterocycles. The lowest BCUT2D eigenvalue weighted by atomic mass is 10.1. The summed E-state index contributed by atoms with van der Waals surface area (Å²) in [6.45, 7) is 1.79. The maximum Gasteiger partial charge on any atom is 0.260 e. The molecule has 0 aliphatic heterocycles. The molecule has 31 heavy (non-hydrogen) atoms. The third kappa shape index (κ3) is 4.33. The maximum atomic E-state index is 13.1. The van der Waals surface area contributed by atoms with Crippen molar-refractivity contribution in [2.75, 3.05) is 5.32 Å². The number of aromatic nitrogens is 5. The minimum absolute atomic E-state index is 0.125. The number of nitrogens with zero attached hydrogens (tertiary/aromatic N) is 5. The highest BCUT2D eigenvalue weighted by molar-refractivity contribution is 9.10. The van der Waals surface area contributed by atoms with E-state index in [1.54, 1.807) is 37.4 Å². The van der Waals surface area contributed by atoms with Crippen LogP contribution in [0.2, 0.25) is 10.0 Å². The van der Waals surface area contributed by atoms with E-state index in [9.17, 15) is 4.79 Å². The van der Waals surface area contributed by atoms with E-state index in [0.29, 0.717) is 43.2 Å². The van der Waals surface area contributed by atoms with E-state index in [1.807, 2.05) is 0 Å². The number of halogens is 3. The van der Waals surface area contributed by atoms with E-state index in [2.05, 4.69) is 41.5 Å². The van der Waals surface area contributed by atoms with Crippen LogP contribution in [-0.4, -0.2) is 30.9 Å². The Labute approximate surface area is 194 Å².